The molecular formula is C23H19N3Pt. The van der Waals surface area contributed by atoms with Crippen LogP contribution in [-0.4, -0.2) is 9.97 Å². The number of benzene rings is 1. The van der Waals surface area contributed by atoms with E-state index in [9.17, 15) is 0 Å². The summed E-state index contributed by atoms with van der Waals surface area (Å²) in [6, 6.07) is 25.6. The van der Waals surface area contributed by atoms with Crippen LogP contribution < -0.4 is 4.98 Å². The zero-order valence-corrected chi connectivity index (χ0v) is 17.4. The van der Waals surface area contributed by atoms with E-state index >= 15 is 0 Å². The molecule has 0 spiro atoms. The fourth-order valence-corrected chi connectivity index (χ4v) is 3.03. The Morgan fingerprint density at radius 1 is 0.815 bits per heavy atom. The Bertz CT molecular complexity index is 1010. The van der Waals surface area contributed by atoms with Crippen LogP contribution >= 0.6 is 0 Å². The Kier molecular flexibility index (Phi) is 5.72. The van der Waals surface area contributed by atoms with Crippen LogP contribution in [-0.2, 0) is 26.5 Å². The summed E-state index contributed by atoms with van der Waals surface area (Å²) in [6.07, 6.45) is 3.62. The van der Waals surface area contributed by atoms with Crippen molar-refractivity contribution in [1.29, 1.82) is 0 Å². The first-order chi connectivity index (χ1) is 12.6. The van der Waals surface area contributed by atoms with Gasteiger partial charge in [0.25, 0.3) is 0 Å². The molecule has 0 N–H and O–H groups in total. The quantitative estimate of drug-likeness (QED) is 0.352. The Morgan fingerprint density at radius 2 is 1.59 bits per heavy atom. The average Bonchev–Trinajstić information content (AvgIpc) is 3.25. The minimum atomic E-state index is -0.210. The third-order valence-electron chi connectivity index (χ3n) is 4.61. The fraction of sp³-hybridized carbons (Fsp3) is 0.130. The van der Waals surface area contributed by atoms with E-state index in [-0.39, 0.29) is 26.5 Å². The van der Waals surface area contributed by atoms with E-state index < -0.39 is 0 Å². The van der Waals surface area contributed by atoms with E-state index in [0.29, 0.717) is 0 Å². The molecule has 4 rings (SSSR count). The topological polar surface area (TPSA) is 39.9 Å². The van der Waals surface area contributed by atoms with Crippen LogP contribution in [0.3, 0.4) is 0 Å². The fourth-order valence-electron chi connectivity index (χ4n) is 3.03. The third kappa shape index (κ3) is 3.94. The molecule has 136 valence electrons. The molecule has 3 heterocycles. The molecule has 0 fully saturated rings. The summed E-state index contributed by atoms with van der Waals surface area (Å²) < 4.78 is 0. The first-order valence-electron chi connectivity index (χ1n) is 8.64. The molecule has 0 bridgehead atoms. The molecule has 4 aromatic rings. The number of aromatic nitrogens is 3. The normalized spacial score (nSPS) is 11.0. The predicted molar refractivity (Wildman–Crippen MR) is 104 cm³/mol. The van der Waals surface area contributed by atoms with E-state index in [1.165, 1.54) is 0 Å². The van der Waals surface area contributed by atoms with Crippen molar-refractivity contribution in [3.05, 3.63) is 96.4 Å². The van der Waals surface area contributed by atoms with Crippen molar-refractivity contribution < 1.29 is 21.1 Å². The van der Waals surface area contributed by atoms with Crippen molar-refractivity contribution in [2.45, 2.75) is 19.3 Å². The van der Waals surface area contributed by atoms with E-state index in [2.05, 4.69) is 48.1 Å². The molecule has 0 saturated heterocycles. The van der Waals surface area contributed by atoms with Crippen molar-refractivity contribution in [3.63, 3.8) is 0 Å². The van der Waals surface area contributed by atoms with Crippen molar-refractivity contribution in [2.24, 2.45) is 0 Å². The molecule has 0 unspecified atom stereocenters. The van der Waals surface area contributed by atoms with Gasteiger partial charge < -0.3 is 4.98 Å². The van der Waals surface area contributed by atoms with Gasteiger partial charge in [-0.3, -0.25) is 9.97 Å². The molecule has 0 aliphatic rings. The number of rotatable bonds is 4. The molecular weight excluding hydrogens is 513 g/mol. The summed E-state index contributed by atoms with van der Waals surface area (Å²) in [6.45, 7) is 4.34. The number of nitrogens with zero attached hydrogens (tertiary/aromatic N) is 3. The van der Waals surface area contributed by atoms with Gasteiger partial charge in [0.1, 0.15) is 0 Å². The van der Waals surface area contributed by atoms with E-state index in [1.807, 2.05) is 54.7 Å². The molecule has 0 atom stereocenters. The second kappa shape index (κ2) is 8.02. The van der Waals surface area contributed by atoms with Crippen LogP contribution in [0.5, 0.6) is 0 Å². The maximum absolute atomic E-state index is 4.79. The summed E-state index contributed by atoms with van der Waals surface area (Å²) in [5.41, 5.74) is 5.52. The smallest absolute Gasteiger partial charge is 0.667 e. The molecule has 0 aliphatic carbocycles. The molecule has 0 aliphatic heterocycles. The molecule has 3 aromatic heterocycles. The van der Waals surface area contributed by atoms with Crippen LogP contribution in [0.1, 0.15) is 25.1 Å². The Balaban J connectivity index is 0.00000210. The monoisotopic (exact) mass is 532 g/mol. The van der Waals surface area contributed by atoms with E-state index in [1.54, 1.807) is 6.20 Å². The molecule has 0 radical (unpaired) electrons. The van der Waals surface area contributed by atoms with Gasteiger partial charge in [-0.1, -0.05) is 44.2 Å². The molecule has 0 amide bonds. The van der Waals surface area contributed by atoms with Gasteiger partial charge >= 0.3 is 21.1 Å². The molecule has 1 aromatic carbocycles. The average molecular weight is 533 g/mol. The van der Waals surface area contributed by atoms with Gasteiger partial charge in [-0.2, -0.15) is 11.9 Å². The van der Waals surface area contributed by atoms with Gasteiger partial charge in [-0.25, -0.2) is 0 Å². The first-order valence-corrected chi connectivity index (χ1v) is 8.64. The molecule has 27 heavy (non-hydrogen) atoms. The molecule has 3 nitrogen and oxygen atoms in total. The van der Waals surface area contributed by atoms with Crippen LogP contribution in [0.15, 0.2) is 79.1 Å². The van der Waals surface area contributed by atoms with Crippen molar-refractivity contribution >= 4 is 0 Å². The maximum atomic E-state index is 4.79. The Labute approximate surface area is 174 Å². The Hall–Kier alpha value is -2.51. The summed E-state index contributed by atoms with van der Waals surface area (Å²) in [7, 11) is 0. The van der Waals surface area contributed by atoms with Gasteiger partial charge in [0.05, 0.1) is 11.4 Å². The second-order valence-corrected chi connectivity index (χ2v) is 6.75. The number of hydrogen-bond donors (Lipinski definition) is 0. The third-order valence-corrected chi connectivity index (χ3v) is 4.61. The van der Waals surface area contributed by atoms with Crippen LogP contribution in [0.4, 0.5) is 0 Å². The zero-order chi connectivity index (χ0) is 18.0. The first kappa shape index (κ1) is 19.3. The van der Waals surface area contributed by atoms with Gasteiger partial charge in [-0.15, -0.1) is 35.4 Å². The van der Waals surface area contributed by atoms with Crippen molar-refractivity contribution in [3.8, 4) is 22.6 Å². The van der Waals surface area contributed by atoms with Crippen LogP contribution in [0.25, 0.3) is 22.6 Å². The van der Waals surface area contributed by atoms with E-state index in [0.717, 1.165) is 33.9 Å². The van der Waals surface area contributed by atoms with Gasteiger partial charge in [0.2, 0.25) is 0 Å². The molecule has 4 heteroatoms. The van der Waals surface area contributed by atoms with Crippen molar-refractivity contribution in [2.75, 3.05) is 0 Å². The number of pyridine rings is 2. The summed E-state index contributed by atoms with van der Waals surface area (Å²) in [5.74, 6) is 0. The van der Waals surface area contributed by atoms with Crippen LogP contribution in [0.2, 0.25) is 0 Å². The summed E-state index contributed by atoms with van der Waals surface area (Å²) in [5, 5.41) is 0. The maximum Gasteiger partial charge on any atom is 2.00 e. The standard InChI is InChI=1S/C23H19N3.Pt/c1-23(2,22-13-7-15-25-22)18-9-5-8-17(16-18)19-11-6-12-21(26-19)20-10-3-4-14-24-20;/h3-15H,1-2H3;/q-2;+2. The largest absolute Gasteiger partial charge is 2.00 e. The van der Waals surface area contributed by atoms with Gasteiger partial charge in [0.15, 0.2) is 0 Å². The second-order valence-electron chi connectivity index (χ2n) is 6.75. The minimum absolute atomic E-state index is 0. The van der Waals surface area contributed by atoms with E-state index in [4.69, 9.17) is 4.98 Å². The van der Waals surface area contributed by atoms with Gasteiger partial charge in [0, 0.05) is 6.20 Å². The van der Waals surface area contributed by atoms with Crippen LogP contribution in [0, 0.1) is 6.07 Å². The zero-order valence-electron chi connectivity index (χ0n) is 15.2. The summed E-state index contributed by atoms with van der Waals surface area (Å²) >= 11 is 0. The minimum Gasteiger partial charge on any atom is -0.667 e. The van der Waals surface area contributed by atoms with Gasteiger partial charge in [-0.05, 0) is 29.3 Å². The summed E-state index contributed by atoms with van der Waals surface area (Å²) in [4.78, 5) is 13.7. The predicted octanol–water partition coefficient (Wildman–Crippen LogP) is 4.89. The molecule has 0 saturated carbocycles. The number of hydrogen-bond acceptors (Lipinski definition) is 2. The Morgan fingerprint density at radius 3 is 2.33 bits per heavy atom. The SMILES string of the molecule is CC(C)(c1[c-]c(-c2cccc(-c3ccccn3)n2)ccc1)c1ccc[n-]1.[Pt+2]. The van der Waals surface area contributed by atoms with Crippen molar-refractivity contribution in [1.82, 2.24) is 15.0 Å².